The number of hydrogen-bond donors (Lipinski definition) is 2. The second-order valence-corrected chi connectivity index (χ2v) is 12.3. The van der Waals surface area contributed by atoms with Crippen LogP contribution in [0, 0.1) is 5.92 Å². The number of nitrogens with zero attached hydrogens (tertiary/aromatic N) is 5. The van der Waals surface area contributed by atoms with E-state index in [-0.39, 0.29) is 24.6 Å². The molecule has 2 saturated heterocycles. The highest BCUT2D eigenvalue weighted by atomic mass is 16.5. The molecule has 2 fully saturated rings. The summed E-state index contributed by atoms with van der Waals surface area (Å²) in [5, 5.41) is 10.2. The Morgan fingerprint density at radius 3 is 2.64 bits per heavy atom. The first-order valence-corrected chi connectivity index (χ1v) is 16.9. The van der Waals surface area contributed by atoms with Crippen molar-refractivity contribution in [2.75, 3.05) is 51.1 Å². The van der Waals surface area contributed by atoms with Gasteiger partial charge in [-0.3, -0.25) is 9.79 Å². The van der Waals surface area contributed by atoms with Gasteiger partial charge in [0.2, 0.25) is 5.91 Å². The zero-order valence-corrected chi connectivity index (χ0v) is 28.9. The number of aliphatic hydroxyl groups is 1. The van der Waals surface area contributed by atoms with Gasteiger partial charge in [0.15, 0.2) is 5.76 Å². The van der Waals surface area contributed by atoms with Crippen molar-refractivity contribution < 1.29 is 19.4 Å². The smallest absolute Gasteiger partial charge is 0.222 e. The quantitative estimate of drug-likeness (QED) is 0.0506. The van der Waals surface area contributed by atoms with Gasteiger partial charge >= 0.3 is 0 Å². The highest BCUT2D eigenvalue weighted by Gasteiger charge is 2.33. The van der Waals surface area contributed by atoms with Crippen LogP contribution in [0.4, 0.5) is 11.4 Å². The molecule has 1 unspecified atom stereocenters. The summed E-state index contributed by atoms with van der Waals surface area (Å²) >= 11 is 0. The van der Waals surface area contributed by atoms with E-state index >= 15 is 0 Å². The van der Waals surface area contributed by atoms with Crippen LogP contribution in [0.3, 0.4) is 0 Å². The Kier molecular flexibility index (Phi) is 15.7. The van der Waals surface area contributed by atoms with Gasteiger partial charge in [-0.25, -0.2) is 4.99 Å². The summed E-state index contributed by atoms with van der Waals surface area (Å²) in [6.45, 7) is 19.6. The average Bonchev–Trinajstić information content (AvgIpc) is 3.50. The largest absolute Gasteiger partial charge is 0.485 e. The number of carbonyl (C=O) groups excluding carboxylic acids is 1. The van der Waals surface area contributed by atoms with E-state index in [0.717, 1.165) is 42.9 Å². The van der Waals surface area contributed by atoms with E-state index in [0.29, 0.717) is 75.5 Å². The lowest BCUT2D eigenvalue weighted by Crippen LogP contribution is -2.52. The van der Waals surface area contributed by atoms with Crippen LogP contribution in [0.15, 0.2) is 82.3 Å². The Bertz CT molecular complexity index is 1310. The van der Waals surface area contributed by atoms with Crippen molar-refractivity contribution >= 4 is 29.8 Å². The third kappa shape index (κ3) is 11.1. The first-order chi connectivity index (χ1) is 22.7. The van der Waals surface area contributed by atoms with Gasteiger partial charge in [0.05, 0.1) is 29.4 Å². The molecule has 10 nitrogen and oxygen atoms in total. The van der Waals surface area contributed by atoms with Crippen LogP contribution in [0.1, 0.15) is 66.2 Å². The lowest BCUT2D eigenvalue weighted by molar-refractivity contribution is -0.133. The van der Waals surface area contributed by atoms with Gasteiger partial charge in [-0.15, -0.1) is 0 Å². The number of piperidine rings is 1. The van der Waals surface area contributed by atoms with Gasteiger partial charge in [0, 0.05) is 51.2 Å². The molecule has 0 bridgehead atoms. The van der Waals surface area contributed by atoms with Crippen LogP contribution in [0.5, 0.6) is 0 Å². The molecule has 0 saturated carbocycles. The zero-order valence-electron chi connectivity index (χ0n) is 28.9. The van der Waals surface area contributed by atoms with Crippen molar-refractivity contribution in [3.8, 4) is 0 Å². The van der Waals surface area contributed by atoms with Gasteiger partial charge < -0.3 is 35.0 Å². The molecule has 10 heteroatoms. The Balaban J connectivity index is 1.44. The molecule has 258 valence electrons. The maximum Gasteiger partial charge on any atom is 0.222 e. The molecule has 3 rings (SSSR count). The standard InChI is InChI=1S/C37H56N6O4/c1-7-8-9-12-24-47-37(31(5)42-21-13-15-29(42)3)30(4)40-35(38)20-25-46-23-14-18-36(45)41-22-19-33(28(2)26-41)43(27-44)34-17-11-10-16-32(34)39-6/h7-12,16-17,28-29,33,44H,5-6,13-15,18-27H2,1-4H3,(H2,38,40)/b8-7-,12-9-,37-30+/t28-,29+,33?/m0/s1. The normalized spacial score (nSPS) is 21.0. The molecule has 2 heterocycles. The predicted octanol–water partition coefficient (Wildman–Crippen LogP) is 5.93. The zero-order chi connectivity index (χ0) is 34.2. The number of aliphatic hydroxyl groups excluding tert-OH is 1. The van der Waals surface area contributed by atoms with Crippen LogP contribution in [0.2, 0.25) is 0 Å². The molecular weight excluding hydrogens is 592 g/mol. The van der Waals surface area contributed by atoms with Crippen molar-refractivity contribution in [3.63, 3.8) is 0 Å². The number of aliphatic imine (C=N–C) groups is 2. The van der Waals surface area contributed by atoms with E-state index in [2.05, 4.69) is 42.0 Å². The molecular formula is C37H56N6O4. The minimum atomic E-state index is -0.116. The fourth-order valence-corrected chi connectivity index (χ4v) is 6.35. The summed E-state index contributed by atoms with van der Waals surface area (Å²) in [6.07, 6.45) is 12.4. The summed E-state index contributed by atoms with van der Waals surface area (Å²) < 4.78 is 11.9. The number of benzene rings is 1. The van der Waals surface area contributed by atoms with Crippen LogP contribution >= 0.6 is 0 Å². The molecule has 1 aromatic rings. The number of nitrogens with two attached hydrogens (primary N) is 1. The Morgan fingerprint density at radius 1 is 1.17 bits per heavy atom. The number of likely N-dealkylation sites (tertiary alicyclic amines) is 2. The number of rotatable bonds is 18. The van der Waals surface area contributed by atoms with Gasteiger partial charge in [0.1, 0.15) is 19.2 Å². The second-order valence-electron chi connectivity index (χ2n) is 12.3. The fraction of sp³-hybridized carbons (Fsp3) is 0.541. The van der Waals surface area contributed by atoms with E-state index in [1.165, 1.54) is 0 Å². The number of ether oxygens (including phenoxy) is 2. The number of allylic oxidation sites excluding steroid dienone is 4. The minimum absolute atomic E-state index is 0.102. The lowest BCUT2D eigenvalue weighted by Gasteiger charge is -2.43. The SMILES string of the molecule is C=Nc1ccccc1N(CO)C1CCN(C(=O)CCCOCCC(N)=N/C(C)=C(/OC/C=C\C=C/C)C(=C)N2CCC[C@H]2C)C[C@@H]1C. The molecule has 3 atom stereocenters. The van der Waals surface area contributed by atoms with E-state index in [4.69, 9.17) is 15.2 Å². The Morgan fingerprint density at radius 2 is 1.96 bits per heavy atom. The molecule has 0 spiro atoms. The molecule has 3 N–H and O–H groups in total. The summed E-state index contributed by atoms with van der Waals surface area (Å²) in [5.74, 6) is 1.44. The van der Waals surface area contributed by atoms with Gasteiger partial charge in [-0.2, -0.15) is 0 Å². The van der Waals surface area contributed by atoms with E-state index in [1.807, 2.05) is 72.2 Å². The molecule has 47 heavy (non-hydrogen) atoms. The van der Waals surface area contributed by atoms with Crippen LogP contribution in [0.25, 0.3) is 0 Å². The van der Waals surface area contributed by atoms with Gasteiger partial charge in [-0.1, -0.05) is 43.9 Å². The molecule has 0 aromatic heterocycles. The van der Waals surface area contributed by atoms with E-state index in [9.17, 15) is 9.90 Å². The maximum absolute atomic E-state index is 13.0. The van der Waals surface area contributed by atoms with Crippen LogP contribution in [-0.4, -0.2) is 91.6 Å². The average molecular weight is 649 g/mol. The number of amidine groups is 1. The Hall–Kier alpha value is -3.89. The topological polar surface area (TPSA) is 116 Å². The molecule has 0 aliphatic carbocycles. The second kappa shape index (κ2) is 19.7. The summed E-state index contributed by atoms with van der Waals surface area (Å²) in [6, 6.07) is 8.19. The minimum Gasteiger partial charge on any atom is -0.485 e. The number of para-hydroxylation sites is 2. The first-order valence-electron chi connectivity index (χ1n) is 16.9. The third-order valence-corrected chi connectivity index (χ3v) is 8.87. The monoisotopic (exact) mass is 648 g/mol. The predicted molar refractivity (Wildman–Crippen MR) is 193 cm³/mol. The van der Waals surface area contributed by atoms with Gasteiger partial charge in [-0.05, 0) is 77.3 Å². The van der Waals surface area contributed by atoms with E-state index in [1.54, 1.807) is 0 Å². The fourth-order valence-electron chi connectivity index (χ4n) is 6.35. The molecule has 2 aliphatic heterocycles. The molecule has 0 radical (unpaired) electrons. The van der Waals surface area contributed by atoms with Crippen LogP contribution < -0.4 is 10.6 Å². The third-order valence-electron chi connectivity index (χ3n) is 8.87. The number of carbonyl (C=O) groups is 1. The summed E-state index contributed by atoms with van der Waals surface area (Å²) in [5.41, 5.74) is 9.42. The van der Waals surface area contributed by atoms with Crippen molar-refractivity contribution in [2.24, 2.45) is 21.6 Å². The molecule has 1 aromatic carbocycles. The maximum atomic E-state index is 13.0. The number of amides is 1. The highest BCUT2D eigenvalue weighted by Crippen LogP contribution is 2.33. The van der Waals surface area contributed by atoms with Crippen molar-refractivity contribution in [1.82, 2.24) is 9.80 Å². The summed E-state index contributed by atoms with van der Waals surface area (Å²) in [7, 11) is 0. The lowest BCUT2D eigenvalue weighted by atomic mass is 9.91. The van der Waals surface area contributed by atoms with Crippen molar-refractivity contribution in [3.05, 3.63) is 72.3 Å². The first kappa shape index (κ1) is 37.6. The Labute approximate surface area is 282 Å². The van der Waals surface area contributed by atoms with Crippen molar-refractivity contribution in [2.45, 2.75) is 78.3 Å². The molecule has 1 amide bonds. The van der Waals surface area contributed by atoms with Gasteiger partial charge in [0.25, 0.3) is 0 Å². The molecule has 2 aliphatic rings. The van der Waals surface area contributed by atoms with Crippen molar-refractivity contribution in [1.29, 1.82) is 0 Å². The van der Waals surface area contributed by atoms with E-state index < -0.39 is 0 Å². The highest BCUT2D eigenvalue weighted by molar-refractivity contribution is 5.81. The number of anilines is 1. The van der Waals surface area contributed by atoms with Crippen LogP contribution in [-0.2, 0) is 14.3 Å². The number of hydrogen-bond acceptors (Lipinski definition) is 8. The summed E-state index contributed by atoms with van der Waals surface area (Å²) in [4.78, 5) is 27.9.